The molecule has 0 aliphatic rings. The summed E-state index contributed by atoms with van der Waals surface area (Å²) in [6, 6.07) is 2.44. The van der Waals surface area contributed by atoms with Gasteiger partial charge >= 0.3 is 18.0 Å². The van der Waals surface area contributed by atoms with Crippen LogP contribution in [0.1, 0.15) is 10.4 Å². The quantitative estimate of drug-likeness (QED) is 0.656. The molecule has 6 nitrogen and oxygen atoms in total. The molecule has 0 atom stereocenters. The number of alkyl halides is 3. The number of rotatable bonds is 3. The van der Waals surface area contributed by atoms with Crippen LogP contribution in [0.25, 0.3) is 0 Å². The monoisotopic (exact) mass is 251 g/mol. The Bertz CT molecular complexity index is 438. The lowest BCUT2D eigenvalue weighted by molar-refractivity contribution is -0.388. The van der Waals surface area contributed by atoms with Crippen LogP contribution in [0.3, 0.4) is 0 Å². The first-order chi connectivity index (χ1) is 7.72. The number of hydrogen-bond donors (Lipinski definition) is 1. The molecule has 0 amide bonds. The number of para-hydroxylation sites is 1. The molecule has 0 aliphatic heterocycles. The molecule has 0 bridgehead atoms. The summed E-state index contributed by atoms with van der Waals surface area (Å²) in [7, 11) is 0. The van der Waals surface area contributed by atoms with E-state index in [-0.39, 0.29) is 0 Å². The molecular weight excluding hydrogens is 247 g/mol. The van der Waals surface area contributed by atoms with E-state index in [1.165, 1.54) is 0 Å². The average Bonchev–Trinajstić information content (AvgIpc) is 2.14. The Kier molecular flexibility index (Phi) is 3.21. The first-order valence-corrected chi connectivity index (χ1v) is 3.99. The number of benzene rings is 1. The van der Waals surface area contributed by atoms with Crippen LogP contribution in [-0.2, 0) is 0 Å². The van der Waals surface area contributed by atoms with Gasteiger partial charge in [0.2, 0.25) is 5.75 Å². The summed E-state index contributed by atoms with van der Waals surface area (Å²) in [4.78, 5) is 19.9. The van der Waals surface area contributed by atoms with Crippen molar-refractivity contribution in [2.45, 2.75) is 6.36 Å². The van der Waals surface area contributed by atoms with Gasteiger partial charge in [-0.2, -0.15) is 0 Å². The standard InChI is InChI=1S/C8H4F3NO5/c9-8(10,11)17-6-4(7(13)14)2-1-3-5(6)12(15)16/h1-3H,(H,13,14). The van der Waals surface area contributed by atoms with E-state index in [9.17, 15) is 28.1 Å². The third kappa shape index (κ3) is 3.06. The van der Waals surface area contributed by atoms with E-state index < -0.39 is 34.3 Å². The van der Waals surface area contributed by atoms with Crippen LogP contribution < -0.4 is 4.74 Å². The summed E-state index contributed by atoms with van der Waals surface area (Å²) in [5.41, 5.74) is -2.00. The number of aromatic carboxylic acids is 1. The van der Waals surface area contributed by atoms with E-state index in [4.69, 9.17) is 5.11 Å². The van der Waals surface area contributed by atoms with Crippen molar-refractivity contribution < 1.29 is 32.7 Å². The molecule has 0 spiro atoms. The van der Waals surface area contributed by atoms with E-state index in [0.717, 1.165) is 12.1 Å². The molecule has 17 heavy (non-hydrogen) atoms. The van der Waals surface area contributed by atoms with Crippen LogP contribution >= 0.6 is 0 Å². The van der Waals surface area contributed by atoms with Gasteiger partial charge in [0, 0.05) is 6.07 Å². The second-order valence-electron chi connectivity index (χ2n) is 2.76. The highest BCUT2D eigenvalue weighted by Crippen LogP contribution is 2.35. The fraction of sp³-hybridized carbons (Fsp3) is 0.125. The minimum absolute atomic E-state index is 0.716. The summed E-state index contributed by atoms with van der Waals surface area (Å²) in [5, 5.41) is 19.0. The third-order valence-corrected chi connectivity index (χ3v) is 1.64. The van der Waals surface area contributed by atoms with E-state index in [1.54, 1.807) is 0 Å². The summed E-state index contributed by atoms with van der Waals surface area (Å²) in [5.74, 6) is -3.09. The second kappa shape index (κ2) is 4.28. The topological polar surface area (TPSA) is 89.7 Å². The van der Waals surface area contributed by atoms with E-state index in [0.29, 0.717) is 6.07 Å². The van der Waals surface area contributed by atoms with Gasteiger partial charge < -0.3 is 9.84 Å². The number of halogens is 3. The zero-order valence-corrected chi connectivity index (χ0v) is 7.89. The first kappa shape index (κ1) is 12.7. The van der Waals surface area contributed by atoms with Gasteiger partial charge in [-0.15, -0.1) is 13.2 Å². The summed E-state index contributed by atoms with van der Waals surface area (Å²) in [6.45, 7) is 0. The van der Waals surface area contributed by atoms with Crippen molar-refractivity contribution in [3.8, 4) is 5.75 Å². The Morgan fingerprint density at radius 2 is 2.00 bits per heavy atom. The lowest BCUT2D eigenvalue weighted by Crippen LogP contribution is -2.20. The van der Waals surface area contributed by atoms with Gasteiger partial charge in [-0.05, 0) is 6.07 Å². The van der Waals surface area contributed by atoms with Crippen molar-refractivity contribution in [1.82, 2.24) is 0 Å². The normalized spacial score (nSPS) is 11.0. The molecule has 1 N–H and O–H groups in total. The minimum Gasteiger partial charge on any atom is -0.478 e. The van der Waals surface area contributed by atoms with Crippen molar-refractivity contribution >= 4 is 11.7 Å². The fourth-order valence-electron chi connectivity index (χ4n) is 1.06. The van der Waals surface area contributed by atoms with Crippen LogP contribution in [0, 0.1) is 10.1 Å². The number of ether oxygens (including phenoxy) is 1. The third-order valence-electron chi connectivity index (χ3n) is 1.64. The number of carboxylic acid groups (broad SMARTS) is 1. The summed E-state index contributed by atoms with van der Waals surface area (Å²) < 4.78 is 39.3. The number of nitrogens with zero attached hydrogens (tertiary/aromatic N) is 1. The molecule has 9 heteroatoms. The predicted octanol–water partition coefficient (Wildman–Crippen LogP) is 2.19. The number of carboxylic acids is 1. The molecule has 1 aromatic carbocycles. The Balaban J connectivity index is 3.39. The van der Waals surface area contributed by atoms with Crippen molar-refractivity contribution in [2.24, 2.45) is 0 Å². The van der Waals surface area contributed by atoms with Gasteiger partial charge in [0.05, 0.1) is 4.92 Å². The molecule has 0 aliphatic carbocycles. The lowest BCUT2D eigenvalue weighted by Gasteiger charge is -2.10. The van der Waals surface area contributed by atoms with Crippen molar-refractivity contribution in [3.63, 3.8) is 0 Å². The number of nitro benzene ring substituents is 1. The minimum atomic E-state index is -5.21. The van der Waals surface area contributed by atoms with Gasteiger partial charge in [-0.25, -0.2) is 4.79 Å². The molecule has 0 fully saturated rings. The van der Waals surface area contributed by atoms with Crippen LogP contribution in [0.4, 0.5) is 18.9 Å². The van der Waals surface area contributed by atoms with Gasteiger partial charge in [0.15, 0.2) is 0 Å². The molecule has 0 saturated carbocycles. The van der Waals surface area contributed by atoms with Crippen LogP contribution in [0.2, 0.25) is 0 Å². The van der Waals surface area contributed by atoms with Gasteiger partial charge in [0.25, 0.3) is 0 Å². The molecule has 92 valence electrons. The molecular formula is C8H4F3NO5. The lowest BCUT2D eigenvalue weighted by atomic mass is 10.2. The van der Waals surface area contributed by atoms with Gasteiger partial charge in [-0.1, -0.05) is 6.07 Å². The molecule has 0 aromatic heterocycles. The molecule has 0 unspecified atom stereocenters. The maximum absolute atomic E-state index is 12.0. The van der Waals surface area contributed by atoms with Crippen LogP contribution in [0.15, 0.2) is 18.2 Å². The molecule has 0 radical (unpaired) electrons. The Labute approximate surface area is 91.4 Å². The average molecular weight is 251 g/mol. The number of carbonyl (C=O) groups is 1. The van der Waals surface area contributed by atoms with Crippen molar-refractivity contribution in [3.05, 3.63) is 33.9 Å². The first-order valence-electron chi connectivity index (χ1n) is 3.99. The zero-order valence-electron chi connectivity index (χ0n) is 7.89. The molecule has 0 heterocycles. The molecule has 1 rings (SSSR count). The van der Waals surface area contributed by atoms with E-state index >= 15 is 0 Å². The van der Waals surface area contributed by atoms with Gasteiger partial charge in [-0.3, -0.25) is 10.1 Å². The SMILES string of the molecule is O=C(O)c1cccc([N+](=O)[O-])c1OC(F)(F)F. The van der Waals surface area contributed by atoms with Crippen molar-refractivity contribution in [1.29, 1.82) is 0 Å². The number of hydrogen-bond acceptors (Lipinski definition) is 4. The highest BCUT2D eigenvalue weighted by molar-refractivity contribution is 5.92. The smallest absolute Gasteiger partial charge is 0.478 e. The van der Waals surface area contributed by atoms with E-state index in [2.05, 4.69) is 4.74 Å². The zero-order chi connectivity index (χ0) is 13.2. The molecule has 1 aromatic rings. The predicted molar refractivity (Wildman–Crippen MR) is 46.7 cm³/mol. The maximum Gasteiger partial charge on any atom is 0.573 e. The Morgan fingerprint density at radius 3 is 2.41 bits per heavy atom. The Hall–Kier alpha value is -2.32. The molecule has 0 saturated heterocycles. The largest absolute Gasteiger partial charge is 0.573 e. The Morgan fingerprint density at radius 1 is 1.41 bits per heavy atom. The highest BCUT2D eigenvalue weighted by Gasteiger charge is 2.37. The van der Waals surface area contributed by atoms with Crippen LogP contribution in [0.5, 0.6) is 5.75 Å². The summed E-state index contributed by atoms with van der Waals surface area (Å²) >= 11 is 0. The number of nitro groups is 1. The van der Waals surface area contributed by atoms with Gasteiger partial charge in [0.1, 0.15) is 5.56 Å². The van der Waals surface area contributed by atoms with E-state index in [1.807, 2.05) is 0 Å². The highest BCUT2D eigenvalue weighted by atomic mass is 19.4. The van der Waals surface area contributed by atoms with Crippen molar-refractivity contribution in [2.75, 3.05) is 0 Å². The van der Waals surface area contributed by atoms with Crippen LogP contribution in [-0.4, -0.2) is 22.4 Å². The fourth-order valence-corrected chi connectivity index (χ4v) is 1.06. The maximum atomic E-state index is 12.0. The second-order valence-corrected chi connectivity index (χ2v) is 2.76. The summed E-state index contributed by atoms with van der Waals surface area (Å²) in [6.07, 6.45) is -5.21.